The van der Waals surface area contributed by atoms with Crippen LogP contribution in [0, 0.1) is 0 Å². The van der Waals surface area contributed by atoms with E-state index in [-0.39, 0.29) is 28.0 Å². The summed E-state index contributed by atoms with van der Waals surface area (Å²) in [6, 6.07) is 4.52. The summed E-state index contributed by atoms with van der Waals surface area (Å²) in [5.41, 5.74) is 0.669. The number of benzene rings is 1. The number of aromatic hydroxyl groups is 1. The van der Waals surface area contributed by atoms with Gasteiger partial charge < -0.3 is 5.11 Å². The molecule has 0 aromatic heterocycles. The number of imide groups is 1. The van der Waals surface area contributed by atoms with Crippen LogP contribution in [0.3, 0.4) is 0 Å². The zero-order chi connectivity index (χ0) is 14.9. The molecule has 2 rings (SSSR count). The number of thioether (sulfide) groups is 1. The lowest BCUT2D eigenvalue weighted by Crippen LogP contribution is -2.36. The van der Waals surface area contributed by atoms with E-state index in [1.807, 2.05) is 13.8 Å². The summed E-state index contributed by atoms with van der Waals surface area (Å²) in [5.74, 6) is -0.296. The molecule has 2 amide bonds. The molecule has 1 aliphatic rings. The van der Waals surface area contributed by atoms with Gasteiger partial charge in [0.15, 0.2) is 0 Å². The lowest BCUT2D eigenvalue weighted by Gasteiger charge is -2.19. The minimum atomic E-state index is -0.279. The van der Waals surface area contributed by atoms with Gasteiger partial charge in [0.25, 0.3) is 11.1 Å². The molecule has 1 saturated heterocycles. The van der Waals surface area contributed by atoms with Crippen LogP contribution >= 0.6 is 23.4 Å². The number of carbonyl (C=O) groups is 2. The maximum absolute atomic E-state index is 12.2. The zero-order valence-electron chi connectivity index (χ0n) is 11.1. The number of rotatable bonds is 3. The first-order valence-corrected chi connectivity index (χ1v) is 7.39. The predicted molar refractivity (Wildman–Crippen MR) is 80.7 cm³/mol. The molecule has 0 bridgehead atoms. The molecule has 6 heteroatoms. The number of hydrogen-bond donors (Lipinski definition) is 1. The van der Waals surface area contributed by atoms with E-state index in [0.717, 1.165) is 18.2 Å². The number of carbonyl (C=O) groups excluding carboxylic acids is 2. The van der Waals surface area contributed by atoms with Crippen molar-refractivity contribution in [3.8, 4) is 5.75 Å². The Morgan fingerprint density at radius 2 is 2.15 bits per heavy atom. The molecular formula is C14H14ClNO3S. The van der Waals surface area contributed by atoms with E-state index in [9.17, 15) is 14.7 Å². The Labute approximate surface area is 126 Å². The predicted octanol–water partition coefficient (Wildman–Crippen LogP) is 3.88. The average Bonchev–Trinajstić information content (AvgIpc) is 2.68. The molecule has 1 atom stereocenters. The van der Waals surface area contributed by atoms with Gasteiger partial charge in [-0.3, -0.25) is 14.5 Å². The third kappa shape index (κ3) is 2.83. The number of phenolic OH excluding ortho intramolecular Hbond substituents is 1. The van der Waals surface area contributed by atoms with E-state index in [4.69, 9.17) is 11.6 Å². The summed E-state index contributed by atoms with van der Waals surface area (Å²) in [4.78, 5) is 25.7. The largest absolute Gasteiger partial charge is 0.506 e. The Morgan fingerprint density at radius 3 is 2.75 bits per heavy atom. The fraction of sp³-hybridized carbons (Fsp3) is 0.286. The number of nitrogens with zero attached hydrogens (tertiary/aromatic N) is 1. The molecule has 4 nitrogen and oxygen atoms in total. The smallest absolute Gasteiger partial charge is 0.293 e. The topological polar surface area (TPSA) is 57.6 Å². The van der Waals surface area contributed by atoms with Crippen molar-refractivity contribution >= 4 is 40.6 Å². The summed E-state index contributed by atoms with van der Waals surface area (Å²) >= 11 is 6.74. The zero-order valence-corrected chi connectivity index (χ0v) is 12.7. The Hall–Kier alpha value is -1.46. The van der Waals surface area contributed by atoms with Gasteiger partial charge in [0, 0.05) is 6.04 Å². The number of phenols is 1. The van der Waals surface area contributed by atoms with E-state index in [1.165, 1.54) is 11.0 Å². The number of halogens is 1. The van der Waals surface area contributed by atoms with Crippen LogP contribution in [0.25, 0.3) is 6.08 Å². The third-order valence-electron chi connectivity index (χ3n) is 3.12. The summed E-state index contributed by atoms with van der Waals surface area (Å²) in [6.07, 6.45) is 2.33. The van der Waals surface area contributed by atoms with Gasteiger partial charge in [-0.25, -0.2) is 0 Å². The second-order valence-corrected chi connectivity index (χ2v) is 5.92. The molecular weight excluding hydrogens is 298 g/mol. The summed E-state index contributed by atoms with van der Waals surface area (Å²) in [6.45, 7) is 3.77. The highest BCUT2D eigenvalue weighted by Crippen LogP contribution is 2.35. The van der Waals surface area contributed by atoms with Crippen LogP contribution in [0.15, 0.2) is 23.1 Å². The molecule has 1 N–H and O–H groups in total. The van der Waals surface area contributed by atoms with Crippen LogP contribution in [0.4, 0.5) is 4.79 Å². The van der Waals surface area contributed by atoms with Crippen LogP contribution in [0.1, 0.15) is 25.8 Å². The van der Waals surface area contributed by atoms with E-state index in [0.29, 0.717) is 10.5 Å². The van der Waals surface area contributed by atoms with Gasteiger partial charge in [-0.1, -0.05) is 24.6 Å². The minimum Gasteiger partial charge on any atom is -0.506 e. The highest BCUT2D eigenvalue weighted by molar-refractivity contribution is 8.18. The maximum atomic E-state index is 12.2. The summed E-state index contributed by atoms with van der Waals surface area (Å²) in [5, 5.41) is 9.32. The molecule has 0 aliphatic carbocycles. The number of amides is 2. The summed E-state index contributed by atoms with van der Waals surface area (Å²) in [7, 11) is 0. The van der Waals surface area contributed by atoms with Gasteiger partial charge in [0.05, 0.1) is 9.93 Å². The standard InChI is InChI=1S/C14H14ClNO3S/c1-3-8(2)16-13(18)12(20-14(16)19)7-9-4-5-11(17)10(15)6-9/h4-8,17H,3H2,1-2H3/b12-7-/t8-/m1/s1. The molecule has 1 heterocycles. The van der Waals surface area contributed by atoms with Crippen LogP contribution in [-0.2, 0) is 4.79 Å². The van der Waals surface area contributed by atoms with Gasteiger partial charge in [-0.05, 0) is 48.9 Å². The van der Waals surface area contributed by atoms with Crippen molar-refractivity contribution < 1.29 is 14.7 Å². The first kappa shape index (κ1) is 14.9. The number of hydrogen-bond acceptors (Lipinski definition) is 4. The lowest BCUT2D eigenvalue weighted by molar-refractivity contribution is -0.124. The normalized spacial score (nSPS) is 18.9. The quantitative estimate of drug-likeness (QED) is 0.861. The monoisotopic (exact) mass is 311 g/mol. The van der Waals surface area contributed by atoms with E-state index in [1.54, 1.807) is 18.2 Å². The first-order chi connectivity index (χ1) is 9.43. The molecule has 0 radical (unpaired) electrons. The Bertz CT molecular complexity index is 600. The van der Waals surface area contributed by atoms with Crippen molar-refractivity contribution in [3.63, 3.8) is 0 Å². The van der Waals surface area contributed by atoms with Gasteiger partial charge in [0.1, 0.15) is 5.75 Å². The fourth-order valence-corrected chi connectivity index (χ4v) is 2.93. The highest BCUT2D eigenvalue weighted by atomic mass is 35.5. The van der Waals surface area contributed by atoms with E-state index in [2.05, 4.69) is 0 Å². The molecule has 20 heavy (non-hydrogen) atoms. The van der Waals surface area contributed by atoms with Gasteiger partial charge in [-0.15, -0.1) is 0 Å². The summed E-state index contributed by atoms with van der Waals surface area (Å²) < 4.78 is 0. The van der Waals surface area contributed by atoms with Gasteiger partial charge >= 0.3 is 0 Å². The molecule has 1 aromatic carbocycles. The molecule has 1 aromatic rings. The van der Waals surface area contributed by atoms with Crippen molar-refractivity contribution in [1.82, 2.24) is 4.90 Å². The van der Waals surface area contributed by atoms with Crippen molar-refractivity contribution in [3.05, 3.63) is 33.7 Å². The SMILES string of the molecule is CC[C@@H](C)N1C(=O)S/C(=C\c2ccc(O)c(Cl)c2)C1=O. The van der Waals surface area contributed by atoms with Crippen molar-refractivity contribution in [2.24, 2.45) is 0 Å². The fourth-order valence-electron chi connectivity index (χ4n) is 1.81. The average molecular weight is 312 g/mol. The Balaban J connectivity index is 2.30. The minimum absolute atomic E-state index is 0.0171. The van der Waals surface area contributed by atoms with Crippen molar-refractivity contribution in [1.29, 1.82) is 0 Å². The Morgan fingerprint density at radius 1 is 1.45 bits per heavy atom. The van der Waals surface area contributed by atoms with Crippen molar-refractivity contribution in [2.75, 3.05) is 0 Å². The lowest BCUT2D eigenvalue weighted by atomic mass is 10.2. The second kappa shape index (κ2) is 5.89. The molecule has 0 unspecified atom stereocenters. The van der Waals surface area contributed by atoms with Crippen molar-refractivity contribution in [2.45, 2.75) is 26.3 Å². The molecule has 106 valence electrons. The third-order valence-corrected chi connectivity index (χ3v) is 4.31. The van der Waals surface area contributed by atoms with E-state index < -0.39 is 0 Å². The van der Waals surface area contributed by atoms with Gasteiger partial charge in [0.2, 0.25) is 0 Å². The maximum Gasteiger partial charge on any atom is 0.293 e. The first-order valence-electron chi connectivity index (χ1n) is 6.19. The van der Waals surface area contributed by atoms with Crippen LogP contribution in [0.2, 0.25) is 5.02 Å². The van der Waals surface area contributed by atoms with Gasteiger partial charge in [-0.2, -0.15) is 0 Å². The molecule has 0 saturated carbocycles. The molecule has 1 aliphatic heterocycles. The molecule has 0 spiro atoms. The highest BCUT2D eigenvalue weighted by Gasteiger charge is 2.37. The second-order valence-electron chi connectivity index (χ2n) is 4.52. The van der Waals surface area contributed by atoms with E-state index >= 15 is 0 Å². The Kier molecular flexibility index (Phi) is 4.40. The van der Waals surface area contributed by atoms with Crippen LogP contribution in [0.5, 0.6) is 5.75 Å². The van der Waals surface area contributed by atoms with Crippen LogP contribution < -0.4 is 0 Å². The molecule has 1 fully saturated rings. The van der Waals surface area contributed by atoms with Crippen LogP contribution in [-0.4, -0.2) is 27.2 Å².